The fraction of sp³-hybridized carbons (Fsp3) is 0.273. The number of nitrogens with zero attached hydrogens (tertiary/aromatic N) is 1. The van der Waals surface area contributed by atoms with E-state index in [0.717, 1.165) is 11.3 Å². The molecule has 1 aromatic carbocycles. The van der Waals surface area contributed by atoms with Crippen LogP contribution in [0, 0.1) is 0 Å². The topological polar surface area (TPSA) is 58.9 Å². The van der Waals surface area contributed by atoms with Crippen LogP contribution in [0.3, 0.4) is 0 Å². The summed E-state index contributed by atoms with van der Waals surface area (Å²) in [6.45, 7) is 0. The first-order valence-corrected chi connectivity index (χ1v) is 4.60. The molecule has 0 amide bonds. The van der Waals surface area contributed by atoms with Gasteiger partial charge in [-0.15, -0.1) is 0 Å². The number of para-hydroxylation sites is 1. The highest BCUT2D eigenvalue weighted by Crippen LogP contribution is 2.39. The molecule has 1 heterocycles. The molecule has 2 rings (SSSR count). The van der Waals surface area contributed by atoms with E-state index >= 15 is 0 Å². The summed E-state index contributed by atoms with van der Waals surface area (Å²) in [6, 6.07) is 7.40. The molecule has 0 fully saturated rings. The van der Waals surface area contributed by atoms with Gasteiger partial charge in [0.25, 0.3) is 0 Å². The van der Waals surface area contributed by atoms with Crippen LogP contribution in [-0.4, -0.2) is 24.4 Å². The van der Waals surface area contributed by atoms with Crippen molar-refractivity contribution in [3.8, 4) is 0 Å². The summed E-state index contributed by atoms with van der Waals surface area (Å²) in [7, 11) is 1.50. The number of fused-ring (bicyclic) bond motifs is 1. The van der Waals surface area contributed by atoms with Crippen molar-refractivity contribution >= 4 is 17.9 Å². The van der Waals surface area contributed by atoms with Crippen LogP contribution in [0.25, 0.3) is 0 Å². The summed E-state index contributed by atoms with van der Waals surface area (Å²) in [5, 5.41) is 8.85. The summed E-state index contributed by atoms with van der Waals surface area (Å²) < 4.78 is 5.31. The van der Waals surface area contributed by atoms with Gasteiger partial charge in [0, 0.05) is 18.9 Å². The second kappa shape index (κ2) is 3.47. The SMILES string of the molecule is COC1(CC(=O)O)C=Nc2ccccc21. The fourth-order valence-electron chi connectivity index (χ4n) is 1.79. The zero-order chi connectivity index (χ0) is 10.9. The maximum atomic E-state index is 10.8. The van der Waals surface area contributed by atoms with Crippen LogP contribution < -0.4 is 0 Å². The summed E-state index contributed by atoms with van der Waals surface area (Å²) in [5.41, 5.74) is 0.693. The predicted molar refractivity (Wildman–Crippen MR) is 55.5 cm³/mol. The molecular formula is C11H11NO3. The van der Waals surface area contributed by atoms with Gasteiger partial charge in [-0.05, 0) is 6.07 Å². The third-order valence-corrected chi connectivity index (χ3v) is 2.55. The highest BCUT2D eigenvalue weighted by atomic mass is 16.5. The first kappa shape index (κ1) is 9.86. The highest BCUT2D eigenvalue weighted by molar-refractivity contribution is 5.88. The Bertz CT molecular complexity index is 428. The smallest absolute Gasteiger partial charge is 0.307 e. The molecule has 0 radical (unpaired) electrons. The molecule has 1 unspecified atom stereocenters. The first-order chi connectivity index (χ1) is 7.18. The lowest BCUT2D eigenvalue weighted by Crippen LogP contribution is -2.31. The van der Waals surface area contributed by atoms with Crippen molar-refractivity contribution < 1.29 is 14.6 Å². The van der Waals surface area contributed by atoms with Crippen molar-refractivity contribution in [3.63, 3.8) is 0 Å². The van der Waals surface area contributed by atoms with Crippen LogP contribution in [-0.2, 0) is 15.1 Å². The van der Waals surface area contributed by atoms with Gasteiger partial charge in [0.05, 0.1) is 12.1 Å². The zero-order valence-corrected chi connectivity index (χ0v) is 8.30. The molecule has 15 heavy (non-hydrogen) atoms. The Balaban J connectivity index is 2.45. The van der Waals surface area contributed by atoms with Gasteiger partial charge < -0.3 is 9.84 Å². The quantitative estimate of drug-likeness (QED) is 0.817. The molecule has 1 atom stereocenters. The molecule has 0 saturated carbocycles. The maximum Gasteiger partial charge on any atom is 0.307 e. The molecule has 4 nitrogen and oxygen atoms in total. The molecule has 1 aliphatic rings. The molecule has 0 saturated heterocycles. The Morgan fingerprint density at radius 2 is 2.27 bits per heavy atom. The van der Waals surface area contributed by atoms with E-state index in [1.54, 1.807) is 6.21 Å². The molecule has 78 valence electrons. The van der Waals surface area contributed by atoms with E-state index < -0.39 is 11.6 Å². The van der Waals surface area contributed by atoms with Crippen LogP contribution in [0.5, 0.6) is 0 Å². The molecule has 0 bridgehead atoms. The number of methoxy groups -OCH3 is 1. The Kier molecular flexibility index (Phi) is 2.28. The van der Waals surface area contributed by atoms with Crippen LogP contribution in [0.15, 0.2) is 29.3 Å². The van der Waals surface area contributed by atoms with Gasteiger partial charge in [0.1, 0.15) is 5.60 Å². The summed E-state index contributed by atoms with van der Waals surface area (Å²) in [4.78, 5) is 15.0. The van der Waals surface area contributed by atoms with E-state index in [2.05, 4.69) is 4.99 Å². The molecule has 4 heteroatoms. The number of rotatable bonds is 3. The minimum atomic E-state index is -0.903. The second-order valence-corrected chi connectivity index (χ2v) is 3.44. The average molecular weight is 205 g/mol. The summed E-state index contributed by atoms with van der Waals surface area (Å²) in [5.74, 6) is -0.903. The normalized spacial score (nSPS) is 22.7. The maximum absolute atomic E-state index is 10.8. The number of carboxylic acid groups (broad SMARTS) is 1. The van der Waals surface area contributed by atoms with Crippen molar-refractivity contribution in [2.75, 3.05) is 7.11 Å². The number of carbonyl (C=O) groups is 1. The van der Waals surface area contributed by atoms with E-state index in [4.69, 9.17) is 9.84 Å². The van der Waals surface area contributed by atoms with E-state index in [-0.39, 0.29) is 6.42 Å². The first-order valence-electron chi connectivity index (χ1n) is 4.60. The largest absolute Gasteiger partial charge is 0.481 e. The number of aliphatic carboxylic acids is 1. The van der Waals surface area contributed by atoms with Gasteiger partial charge in [-0.2, -0.15) is 0 Å². The average Bonchev–Trinajstić information content (AvgIpc) is 2.58. The lowest BCUT2D eigenvalue weighted by Gasteiger charge is -2.23. The molecule has 1 aromatic rings. The molecule has 1 aliphatic heterocycles. The van der Waals surface area contributed by atoms with Gasteiger partial charge in [0.2, 0.25) is 0 Å². The van der Waals surface area contributed by atoms with E-state index in [0.29, 0.717) is 0 Å². The Morgan fingerprint density at radius 3 is 2.93 bits per heavy atom. The predicted octanol–water partition coefficient (Wildman–Crippen LogP) is 1.72. The standard InChI is InChI=1S/C11H11NO3/c1-15-11(6-10(13)14)7-12-9-5-3-2-4-8(9)11/h2-5,7H,6H2,1H3,(H,13,14). The zero-order valence-electron chi connectivity index (χ0n) is 8.30. The lowest BCUT2D eigenvalue weighted by molar-refractivity contribution is -0.141. The third-order valence-electron chi connectivity index (χ3n) is 2.55. The Labute approximate surface area is 87.2 Å². The number of aliphatic imine (C=N–C) groups is 1. The van der Waals surface area contributed by atoms with Gasteiger partial charge in [-0.3, -0.25) is 9.79 Å². The Morgan fingerprint density at radius 1 is 1.53 bits per heavy atom. The molecule has 0 aromatic heterocycles. The monoisotopic (exact) mass is 205 g/mol. The van der Waals surface area contributed by atoms with Crippen molar-refractivity contribution in [1.82, 2.24) is 0 Å². The van der Waals surface area contributed by atoms with Crippen molar-refractivity contribution in [1.29, 1.82) is 0 Å². The van der Waals surface area contributed by atoms with Gasteiger partial charge in [-0.25, -0.2) is 0 Å². The minimum absolute atomic E-state index is 0.107. The van der Waals surface area contributed by atoms with Crippen LogP contribution in [0.4, 0.5) is 5.69 Å². The minimum Gasteiger partial charge on any atom is -0.481 e. The van der Waals surface area contributed by atoms with Crippen LogP contribution in [0.1, 0.15) is 12.0 Å². The Hall–Kier alpha value is -1.68. The van der Waals surface area contributed by atoms with Crippen LogP contribution >= 0.6 is 0 Å². The van der Waals surface area contributed by atoms with Gasteiger partial charge in [-0.1, -0.05) is 18.2 Å². The number of hydrogen-bond acceptors (Lipinski definition) is 3. The number of ether oxygens (including phenoxy) is 1. The summed E-state index contributed by atoms with van der Waals surface area (Å²) in [6.07, 6.45) is 1.45. The summed E-state index contributed by atoms with van der Waals surface area (Å²) >= 11 is 0. The van der Waals surface area contributed by atoms with Gasteiger partial charge >= 0.3 is 5.97 Å². The number of carboxylic acids is 1. The number of hydrogen-bond donors (Lipinski definition) is 1. The van der Waals surface area contributed by atoms with Crippen LogP contribution in [0.2, 0.25) is 0 Å². The molecular weight excluding hydrogens is 194 g/mol. The molecule has 1 N–H and O–H groups in total. The van der Waals surface area contributed by atoms with Crippen molar-refractivity contribution in [2.45, 2.75) is 12.0 Å². The van der Waals surface area contributed by atoms with Crippen molar-refractivity contribution in [2.24, 2.45) is 4.99 Å². The molecule has 0 aliphatic carbocycles. The second-order valence-electron chi connectivity index (χ2n) is 3.44. The molecule has 0 spiro atoms. The van der Waals surface area contributed by atoms with E-state index in [1.165, 1.54) is 7.11 Å². The number of benzene rings is 1. The fourth-order valence-corrected chi connectivity index (χ4v) is 1.79. The highest BCUT2D eigenvalue weighted by Gasteiger charge is 2.38. The van der Waals surface area contributed by atoms with Gasteiger partial charge in [0.15, 0.2) is 0 Å². The lowest BCUT2D eigenvalue weighted by atomic mass is 9.92. The van der Waals surface area contributed by atoms with Crippen molar-refractivity contribution in [3.05, 3.63) is 29.8 Å². The van der Waals surface area contributed by atoms with E-state index in [9.17, 15) is 4.79 Å². The third kappa shape index (κ3) is 1.53. The van der Waals surface area contributed by atoms with E-state index in [1.807, 2.05) is 24.3 Å².